The van der Waals surface area contributed by atoms with Crippen LogP contribution in [0.4, 0.5) is 5.69 Å². The summed E-state index contributed by atoms with van der Waals surface area (Å²) in [5, 5.41) is 0. The van der Waals surface area contributed by atoms with E-state index >= 15 is 0 Å². The first-order valence-corrected chi connectivity index (χ1v) is 11.1. The molecule has 0 N–H and O–H groups in total. The van der Waals surface area contributed by atoms with Crippen molar-refractivity contribution in [3.05, 3.63) is 119 Å². The van der Waals surface area contributed by atoms with Crippen molar-refractivity contribution in [2.75, 3.05) is 4.90 Å². The molecule has 3 aromatic rings. The van der Waals surface area contributed by atoms with Gasteiger partial charge in [0.05, 0.1) is 17.5 Å². The maximum atomic E-state index is 13.6. The van der Waals surface area contributed by atoms with Crippen molar-refractivity contribution >= 4 is 23.1 Å². The van der Waals surface area contributed by atoms with Crippen molar-refractivity contribution < 1.29 is 9.59 Å². The smallest absolute Gasteiger partial charge is 0.238 e. The minimum Gasteiger partial charge on any atom is -0.274 e. The van der Waals surface area contributed by atoms with Crippen LogP contribution in [0, 0.1) is 30.6 Å². The fourth-order valence-electron chi connectivity index (χ4n) is 5.75. The van der Waals surface area contributed by atoms with Crippen molar-refractivity contribution in [1.82, 2.24) is 0 Å². The summed E-state index contributed by atoms with van der Waals surface area (Å²) < 4.78 is 0. The number of nitrogens with zero attached hydrogens (tertiary/aromatic N) is 1. The molecule has 0 unspecified atom stereocenters. The van der Waals surface area contributed by atoms with Gasteiger partial charge in [0.25, 0.3) is 0 Å². The predicted molar refractivity (Wildman–Crippen MR) is 126 cm³/mol. The van der Waals surface area contributed by atoms with Gasteiger partial charge in [-0.05, 0) is 41.3 Å². The van der Waals surface area contributed by atoms with E-state index in [1.165, 1.54) is 10.5 Å². The third-order valence-corrected chi connectivity index (χ3v) is 7.12. The highest BCUT2D eigenvalue weighted by Crippen LogP contribution is 2.58. The highest BCUT2D eigenvalue weighted by molar-refractivity contribution is 6.23. The molecule has 2 amide bonds. The lowest BCUT2D eigenvalue weighted by molar-refractivity contribution is -0.122. The fourth-order valence-corrected chi connectivity index (χ4v) is 5.75. The summed E-state index contributed by atoms with van der Waals surface area (Å²) in [6.07, 6.45) is 4.30. The Morgan fingerprint density at radius 3 is 1.59 bits per heavy atom. The topological polar surface area (TPSA) is 37.4 Å². The summed E-state index contributed by atoms with van der Waals surface area (Å²) in [6, 6.07) is 28.3. The average Bonchev–Trinajstić information content (AvgIpc) is 3.46. The van der Waals surface area contributed by atoms with Gasteiger partial charge in [0, 0.05) is 11.8 Å². The third-order valence-electron chi connectivity index (χ3n) is 7.12. The van der Waals surface area contributed by atoms with Crippen LogP contribution >= 0.6 is 0 Å². The van der Waals surface area contributed by atoms with Gasteiger partial charge in [-0.2, -0.15) is 0 Å². The fraction of sp³-hybridized carbons (Fsp3) is 0.172. The van der Waals surface area contributed by atoms with E-state index in [9.17, 15) is 9.59 Å². The first-order valence-electron chi connectivity index (χ1n) is 11.1. The first-order chi connectivity index (χ1) is 15.6. The number of carbonyl (C=O) groups is 2. The van der Waals surface area contributed by atoms with Gasteiger partial charge in [0.15, 0.2) is 0 Å². The summed E-state index contributed by atoms with van der Waals surface area (Å²) in [6.45, 7) is 2.00. The van der Waals surface area contributed by atoms with E-state index in [2.05, 4.69) is 36.4 Å². The molecule has 0 radical (unpaired) electrons. The number of anilines is 1. The summed E-state index contributed by atoms with van der Waals surface area (Å²) in [4.78, 5) is 28.5. The monoisotopic (exact) mass is 417 g/mol. The molecule has 2 fully saturated rings. The van der Waals surface area contributed by atoms with Crippen LogP contribution in [0.2, 0.25) is 0 Å². The molecule has 0 aromatic heterocycles. The van der Waals surface area contributed by atoms with Gasteiger partial charge in [-0.25, -0.2) is 4.90 Å². The number of hydrogen-bond donors (Lipinski definition) is 0. The van der Waals surface area contributed by atoms with Crippen molar-refractivity contribution in [3.8, 4) is 0 Å². The molecule has 156 valence electrons. The van der Waals surface area contributed by atoms with E-state index in [4.69, 9.17) is 0 Å². The lowest BCUT2D eigenvalue weighted by atomic mass is 9.85. The minimum atomic E-state index is -0.323. The summed E-state index contributed by atoms with van der Waals surface area (Å²) >= 11 is 0. The molecule has 32 heavy (non-hydrogen) atoms. The average molecular weight is 418 g/mol. The highest BCUT2D eigenvalue weighted by atomic mass is 16.2. The molecule has 1 heterocycles. The number of imide groups is 1. The standard InChI is InChI=1S/C29H23NO2/c1-18-12-14-21(15-13-18)30-28(31)26-22-16-17-23(27(26)29(30)32)25(22)24(19-8-4-2-5-9-19)20-10-6-3-7-11-20/h2-17,22-23,26-27H,1H3/t22-,23-,26-,27+/m0/s1. The van der Waals surface area contributed by atoms with Crippen molar-refractivity contribution in [3.63, 3.8) is 0 Å². The SMILES string of the molecule is Cc1ccc(N2C(=O)[C@@H]3[C@H](C2=O)[C@H]2C=C[C@H]3C2=C(c2ccccc2)c2ccccc2)cc1. The second-order valence-electron chi connectivity index (χ2n) is 8.90. The molecule has 3 aliphatic rings. The van der Waals surface area contributed by atoms with Crippen LogP contribution in [0.15, 0.2) is 103 Å². The Labute approximate surface area is 187 Å². The van der Waals surface area contributed by atoms with E-state index in [1.807, 2.05) is 67.6 Å². The molecule has 1 saturated carbocycles. The lowest BCUT2D eigenvalue weighted by Gasteiger charge is -2.21. The predicted octanol–water partition coefficient (Wildman–Crippen LogP) is 5.42. The normalized spacial score (nSPS) is 25.5. The zero-order chi connectivity index (χ0) is 21.8. The molecule has 3 aromatic carbocycles. The number of carbonyl (C=O) groups excluding carboxylic acids is 2. The van der Waals surface area contributed by atoms with Crippen LogP contribution in [0.1, 0.15) is 16.7 Å². The van der Waals surface area contributed by atoms with Crippen LogP contribution in [0.3, 0.4) is 0 Å². The van der Waals surface area contributed by atoms with Gasteiger partial charge in [0.1, 0.15) is 0 Å². The van der Waals surface area contributed by atoms with Crippen LogP contribution in [0.25, 0.3) is 5.57 Å². The molecule has 3 nitrogen and oxygen atoms in total. The molecular formula is C29H23NO2. The Bertz CT molecular complexity index is 1200. The minimum absolute atomic E-state index is 0.0488. The molecule has 3 heteroatoms. The zero-order valence-electron chi connectivity index (χ0n) is 17.8. The van der Waals surface area contributed by atoms with Crippen molar-refractivity contribution in [2.24, 2.45) is 23.7 Å². The quantitative estimate of drug-likeness (QED) is 0.422. The summed E-state index contributed by atoms with van der Waals surface area (Å²) in [7, 11) is 0. The van der Waals surface area contributed by atoms with E-state index in [0.29, 0.717) is 5.69 Å². The van der Waals surface area contributed by atoms with Crippen molar-refractivity contribution in [1.29, 1.82) is 0 Å². The molecule has 2 aliphatic carbocycles. The number of benzene rings is 3. The number of hydrogen-bond acceptors (Lipinski definition) is 2. The molecule has 1 aliphatic heterocycles. The zero-order valence-corrected chi connectivity index (χ0v) is 17.8. The van der Waals surface area contributed by atoms with Gasteiger partial charge >= 0.3 is 0 Å². The number of amides is 2. The van der Waals surface area contributed by atoms with Crippen LogP contribution in [0.5, 0.6) is 0 Å². The number of rotatable bonds is 3. The van der Waals surface area contributed by atoms with E-state index < -0.39 is 0 Å². The van der Waals surface area contributed by atoms with Gasteiger partial charge in [-0.1, -0.05) is 90.5 Å². The first kappa shape index (κ1) is 19.0. The molecule has 1 saturated heterocycles. The number of aryl methyl sites for hydroxylation is 1. The van der Waals surface area contributed by atoms with Crippen LogP contribution < -0.4 is 4.90 Å². The largest absolute Gasteiger partial charge is 0.274 e. The lowest BCUT2D eigenvalue weighted by Crippen LogP contribution is -2.33. The van der Waals surface area contributed by atoms with Gasteiger partial charge < -0.3 is 0 Å². The highest BCUT2D eigenvalue weighted by Gasteiger charge is 2.62. The molecule has 2 bridgehead atoms. The second kappa shape index (κ2) is 7.16. The Morgan fingerprint density at radius 1 is 0.656 bits per heavy atom. The Kier molecular flexibility index (Phi) is 4.25. The molecule has 4 atom stereocenters. The number of fused-ring (bicyclic) bond motifs is 5. The van der Waals surface area contributed by atoms with E-state index in [-0.39, 0.29) is 35.5 Å². The van der Waals surface area contributed by atoms with E-state index in [0.717, 1.165) is 22.3 Å². The Hall–Kier alpha value is -3.72. The summed E-state index contributed by atoms with van der Waals surface area (Å²) in [5.41, 5.74) is 6.41. The third kappa shape index (κ3) is 2.67. The van der Waals surface area contributed by atoms with E-state index in [1.54, 1.807) is 0 Å². The van der Waals surface area contributed by atoms with Crippen LogP contribution in [-0.4, -0.2) is 11.8 Å². The van der Waals surface area contributed by atoms with Crippen LogP contribution in [-0.2, 0) is 9.59 Å². The summed E-state index contributed by atoms with van der Waals surface area (Å²) in [5.74, 6) is -0.885. The second-order valence-corrected chi connectivity index (χ2v) is 8.90. The Balaban J connectivity index is 1.48. The molecule has 6 rings (SSSR count). The van der Waals surface area contributed by atoms with Gasteiger partial charge in [-0.3, -0.25) is 9.59 Å². The molecule has 0 spiro atoms. The maximum Gasteiger partial charge on any atom is 0.238 e. The Morgan fingerprint density at radius 2 is 1.12 bits per heavy atom. The molecular weight excluding hydrogens is 394 g/mol. The van der Waals surface area contributed by atoms with Crippen molar-refractivity contribution in [2.45, 2.75) is 6.92 Å². The van der Waals surface area contributed by atoms with Gasteiger partial charge in [0.2, 0.25) is 11.8 Å². The maximum absolute atomic E-state index is 13.6. The van der Waals surface area contributed by atoms with Gasteiger partial charge in [-0.15, -0.1) is 0 Å². The number of allylic oxidation sites excluding steroid dienone is 3.